The number of aliphatic hydroxyl groups excluding tert-OH is 8. The van der Waals surface area contributed by atoms with Crippen molar-refractivity contribution in [2.24, 2.45) is 52.3 Å². The van der Waals surface area contributed by atoms with Crippen LogP contribution < -0.4 is 0 Å². The lowest BCUT2D eigenvalue weighted by molar-refractivity contribution is -0.345. The summed E-state index contributed by atoms with van der Waals surface area (Å²) in [6, 6.07) is 0. The topological polar surface area (TPSA) is 295 Å². The third-order valence-electron chi connectivity index (χ3n) is 15.9. The van der Waals surface area contributed by atoms with E-state index in [1.165, 1.54) is 7.11 Å². The van der Waals surface area contributed by atoms with Crippen LogP contribution in [0.5, 0.6) is 0 Å². The second kappa shape index (κ2) is 18.1. The maximum absolute atomic E-state index is 12.8. The van der Waals surface area contributed by atoms with E-state index < -0.39 is 130 Å². The molecule has 2 aliphatic heterocycles. The molecule has 0 bridgehead atoms. The molecule has 59 heavy (non-hydrogen) atoms. The number of methoxy groups -OCH3 is 1. The molecule has 19 heteroatoms. The molecule has 4 saturated carbocycles. The largest absolute Gasteiger partial charge is 0.726 e. The summed E-state index contributed by atoms with van der Waals surface area (Å²) in [7, 11) is -3.97. The smallest absolute Gasteiger partial charge is 0.217 e. The lowest BCUT2D eigenvalue weighted by Crippen LogP contribution is -2.71. The van der Waals surface area contributed by atoms with Gasteiger partial charge in [0.15, 0.2) is 12.6 Å². The average molecular weight is 870 g/mol. The van der Waals surface area contributed by atoms with Crippen LogP contribution >= 0.6 is 0 Å². The molecule has 6 aliphatic rings. The highest BCUT2D eigenvalue weighted by molar-refractivity contribution is 7.80. The summed E-state index contributed by atoms with van der Waals surface area (Å²) in [5, 5.41) is 99.9. The van der Waals surface area contributed by atoms with Gasteiger partial charge >= 0.3 is 0 Å². The Bertz CT molecular complexity index is 1520. The third-order valence-corrected chi connectivity index (χ3v) is 16.3. The van der Waals surface area contributed by atoms with Crippen molar-refractivity contribution in [3.8, 4) is 0 Å². The molecule has 0 aromatic heterocycles. The average Bonchev–Trinajstić information content (AvgIpc) is 3.35. The Morgan fingerprint density at radius 2 is 1.37 bits per heavy atom. The molecule has 344 valence electrons. The number of aliphatic hydroxyl groups is 9. The van der Waals surface area contributed by atoms with Crippen molar-refractivity contribution in [3.63, 3.8) is 0 Å². The van der Waals surface area contributed by atoms with Gasteiger partial charge in [-0.05, 0) is 78.9 Å². The number of fused-ring (bicyclic) bond motifs is 5. The van der Waals surface area contributed by atoms with Crippen LogP contribution in [-0.4, -0.2) is 171 Å². The molecule has 0 unspecified atom stereocenters. The minimum absolute atomic E-state index is 0.120. The SMILES string of the molecule is CO[C@H]1[C@H](O[C@H]2[C@H](OCC[C@@H](CC[C@@H](C)[C@H]3[C@@H](O)[C@@H](O)[C@@H]4[C@]3(C)CC[C@@H]3[C@@]5(C)CC[C@H](O)[C@H](O)[C@@H]5[C@@H](OS(=O)(=O)[O-])C[C@]34O)C(C)C)OC[C@@H](O)[C@@H]2O)OC[C@@H](O)[C@@H]1O. The number of ether oxygens (including phenoxy) is 5. The molecule has 18 nitrogen and oxygen atoms in total. The van der Waals surface area contributed by atoms with Crippen LogP contribution in [0.2, 0.25) is 0 Å². The van der Waals surface area contributed by atoms with Gasteiger partial charge in [-0.25, -0.2) is 8.42 Å². The summed E-state index contributed by atoms with van der Waals surface area (Å²) in [5.74, 6) is -2.68. The lowest BCUT2D eigenvalue weighted by atomic mass is 9.41. The summed E-state index contributed by atoms with van der Waals surface area (Å²) in [4.78, 5) is 0. The highest BCUT2D eigenvalue weighted by Gasteiger charge is 2.74. The third kappa shape index (κ3) is 8.91. The molecule has 0 amide bonds. The van der Waals surface area contributed by atoms with Crippen LogP contribution in [0.15, 0.2) is 0 Å². The van der Waals surface area contributed by atoms with Crippen molar-refractivity contribution in [2.75, 3.05) is 26.9 Å². The summed E-state index contributed by atoms with van der Waals surface area (Å²) in [5.41, 5.74) is -3.51. The number of hydrogen-bond donors (Lipinski definition) is 9. The van der Waals surface area contributed by atoms with Crippen LogP contribution in [0.25, 0.3) is 0 Å². The molecule has 2 saturated heterocycles. The van der Waals surface area contributed by atoms with E-state index in [1.54, 1.807) is 0 Å². The summed E-state index contributed by atoms with van der Waals surface area (Å²) in [6.07, 6.45) is -13.3. The fourth-order valence-electron chi connectivity index (χ4n) is 13.0. The van der Waals surface area contributed by atoms with Crippen molar-refractivity contribution in [1.29, 1.82) is 0 Å². The zero-order chi connectivity index (χ0) is 43.6. The fraction of sp³-hybridized carbons (Fsp3) is 1.00. The predicted molar refractivity (Wildman–Crippen MR) is 203 cm³/mol. The van der Waals surface area contributed by atoms with E-state index in [-0.39, 0.29) is 50.4 Å². The quantitative estimate of drug-likeness (QED) is 0.0758. The van der Waals surface area contributed by atoms with Gasteiger partial charge in [-0.3, -0.25) is 4.18 Å². The van der Waals surface area contributed by atoms with Gasteiger partial charge in [0.05, 0.1) is 55.9 Å². The Hall–Kier alpha value is -0.690. The van der Waals surface area contributed by atoms with E-state index in [0.29, 0.717) is 38.5 Å². The summed E-state index contributed by atoms with van der Waals surface area (Å²) < 4.78 is 69.7. The van der Waals surface area contributed by atoms with Gasteiger partial charge < -0.3 is 74.2 Å². The van der Waals surface area contributed by atoms with Gasteiger partial charge in [0, 0.05) is 25.4 Å². The van der Waals surface area contributed by atoms with Crippen molar-refractivity contribution < 1.29 is 86.8 Å². The van der Waals surface area contributed by atoms with Gasteiger partial charge in [-0.15, -0.1) is 0 Å². The first-order valence-corrected chi connectivity index (χ1v) is 22.7. The van der Waals surface area contributed by atoms with Crippen LogP contribution in [-0.2, 0) is 38.3 Å². The Balaban J connectivity index is 1.13. The second-order valence-corrected chi connectivity index (χ2v) is 20.5. The lowest BCUT2D eigenvalue weighted by Gasteiger charge is -2.66. The molecule has 0 spiro atoms. The van der Waals surface area contributed by atoms with E-state index in [4.69, 9.17) is 27.9 Å². The molecule has 22 atom stereocenters. The Morgan fingerprint density at radius 1 is 0.763 bits per heavy atom. The first-order valence-electron chi connectivity index (χ1n) is 21.3. The van der Waals surface area contributed by atoms with Gasteiger partial charge in [0.25, 0.3) is 0 Å². The van der Waals surface area contributed by atoms with Crippen LogP contribution in [0.3, 0.4) is 0 Å². The van der Waals surface area contributed by atoms with E-state index >= 15 is 0 Å². The standard InChI is InChI=1S/C40H70O18S/c1-18(2)20(11-14-54-36-34(30(46)23(43)16-55-36)57-37-33(53-6)29(45)22(42)17-56-37)8-7-19(3)26-31(47)32(48)35-39(26,5)13-10-25-38(4)12-9-21(41)28(44)27(38)24(15-40(25,35)49)58-59(50,51)52/h18-37,41-49H,7-17H2,1-6H3,(H,50,51,52)/p-1/t19-,20-,21+,22-,23-,24+,25-,26+,27+,28+,29+,30+,31-,32-,33-,34-,35-,36-,37+,38-,39-,40+/m1/s1. The Kier molecular flexibility index (Phi) is 14.6. The maximum Gasteiger partial charge on any atom is 0.217 e. The predicted octanol–water partition coefficient (Wildman–Crippen LogP) is -0.860. The van der Waals surface area contributed by atoms with Crippen LogP contribution in [0.1, 0.15) is 86.0 Å². The number of rotatable bonds is 14. The fourth-order valence-corrected chi connectivity index (χ4v) is 13.5. The maximum atomic E-state index is 12.8. The normalized spacial score (nSPS) is 50.2. The van der Waals surface area contributed by atoms with Crippen molar-refractivity contribution in [1.82, 2.24) is 0 Å². The minimum Gasteiger partial charge on any atom is -0.726 e. The molecule has 6 rings (SSSR count). The molecule has 4 aliphatic carbocycles. The first kappa shape index (κ1) is 47.8. The summed E-state index contributed by atoms with van der Waals surface area (Å²) >= 11 is 0. The monoisotopic (exact) mass is 869 g/mol. The van der Waals surface area contributed by atoms with Gasteiger partial charge in [-0.1, -0.05) is 41.0 Å². The van der Waals surface area contributed by atoms with E-state index in [2.05, 4.69) is 13.8 Å². The molecule has 2 heterocycles. The summed E-state index contributed by atoms with van der Waals surface area (Å²) in [6.45, 7) is 9.72. The van der Waals surface area contributed by atoms with Crippen molar-refractivity contribution in [3.05, 3.63) is 0 Å². The zero-order valence-corrected chi connectivity index (χ0v) is 35.7. The van der Waals surface area contributed by atoms with E-state index in [1.807, 2.05) is 20.8 Å². The first-order chi connectivity index (χ1) is 27.5. The molecule has 0 radical (unpaired) electrons. The Morgan fingerprint density at radius 3 is 1.98 bits per heavy atom. The van der Waals surface area contributed by atoms with Crippen LogP contribution in [0, 0.1) is 52.3 Å². The van der Waals surface area contributed by atoms with Gasteiger partial charge in [-0.2, -0.15) is 0 Å². The molecule has 9 N–H and O–H groups in total. The van der Waals surface area contributed by atoms with E-state index in [0.717, 1.165) is 0 Å². The molecular formula is C40H69O18S-. The molecular weight excluding hydrogens is 800 g/mol. The molecule has 6 fully saturated rings. The molecule has 0 aromatic rings. The highest BCUT2D eigenvalue weighted by atomic mass is 32.3. The second-order valence-electron chi connectivity index (χ2n) is 19.5. The number of hydrogen-bond acceptors (Lipinski definition) is 18. The Labute approximate surface area is 347 Å². The van der Waals surface area contributed by atoms with E-state index in [9.17, 15) is 58.9 Å². The van der Waals surface area contributed by atoms with Gasteiger partial charge in [0.2, 0.25) is 10.4 Å². The highest BCUT2D eigenvalue weighted by Crippen LogP contribution is 2.70. The minimum atomic E-state index is -5.28. The molecule has 0 aromatic carbocycles. The van der Waals surface area contributed by atoms with Crippen molar-refractivity contribution in [2.45, 2.75) is 171 Å². The van der Waals surface area contributed by atoms with Crippen molar-refractivity contribution >= 4 is 10.4 Å². The van der Waals surface area contributed by atoms with Gasteiger partial charge in [0.1, 0.15) is 36.6 Å². The zero-order valence-electron chi connectivity index (χ0n) is 34.9. The van der Waals surface area contributed by atoms with Crippen LogP contribution in [0.4, 0.5) is 0 Å².